The first-order chi connectivity index (χ1) is 12.5. The lowest BCUT2D eigenvalue weighted by molar-refractivity contribution is 0.0573. The van der Waals surface area contributed by atoms with Crippen molar-refractivity contribution in [2.75, 3.05) is 25.4 Å². The van der Waals surface area contributed by atoms with E-state index in [2.05, 4.69) is 14.9 Å². The van der Waals surface area contributed by atoms with E-state index >= 15 is 0 Å². The van der Waals surface area contributed by atoms with Gasteiger partial charge < -0.3 is 4.74 Å². The SMILES string of the molecule is O=S1(=O)CC[C@H](COc2ncccc2F)C12CN(Cc1cccnc1)C2. The van der Waals surface area contributed by atoms with Crippen LogP contribution in [0.5, 0.6) is 5.88 Å². The molecule has 2 fully saturated rings. The Balaban J connectivity index is 1.44. The maximum Gasteiger partial charge on any atom is 0.250 e. The van der Waals surface area contributed by atoms with Gasteiger partial charge in [-0.05, 0) is 30.2 Å². The molecule has 1 spiro atoms. The van der Waals surface area contributed by atoms with Crippen molar-refractivity contribution in [3.8, 4) is 5.88 Å². The van der Waals surface area contributed by atoms with Gasteiger partial charge in [0.1, 0.15) is 4.75 Å². The third-order valence-electron chi connectivity index (χ3n) is 5.36. The lowest BCUT2D eigenvalue weighted by Crippen LogP contribution is -2.67. The van der Waals surface area contributed by atoms with Crippen LogP contribution < -0.4 is 4.74 Å². The fourth-order valence-corrected chi connectivity index (χ4v) is 6.39. The zero-order chi connectivity index (χ0) is 18.2. The van der Waals surface area contributed by atoms with Gasteiger partial charge in [0.15, 0.2) is 15.7 Å². The van der Waals surface area contributed by atoms with Crippen LogP contribution in [0.3, 0.4) is 0 Å². The van der Waals surface area contributed by atoms with Crippen LogP contribution in [0.25, 0.3) is 0 Å². The molecule has 4 rings (SSSR count). The van der Waals surface area contributed by atoms with Crippen molar-refractivity contribution in [2.24, 2.45) is 5.92 Å². The molecule has 2 aliphatic heterocycles. The number of ether oxygens (including phenoxy) is 1. The second-order valence-electron chi connectivity index (χ2n) is 6.98. The third kappa shape index (κ3) is 2.97. The standard InChI is InChI=1S/C18H20FN3O3S/c19-16-4-2-7-21-17(16)25-11-15-5-8-26(23,24)18(15)12-22(13-18)10-14-3-1-6-20-9-14/h1-4,6-7,9,15H,5,8,10-13H2/t15-/m1/s1. The van der Waals surface area contributed by atoms with E-state index in [1.165, 1.54) is 18.3 Å². The van der Waals surface area contributed by atoms with Gasteiger partial charge in [0, 0.05) is 44.1 Å². The van der Waals surface area contributed by atoms with Gasteiger partial charge in [-0.15, -0.1) is 0 Å². The maximum atomic E-state index is 13.7. The van der Waals surface area contributed by atoms with Crippen LogP contribution >= 0.6 is 0 Å². The molecule has 4 heterocycles. The van der Waals surface area contributed by atoms with Crippen molar-refractivity contribution in [3.63, 3.8) is 0 Å². The molecule has 0 N–H and O–H groups in total. The highest BCUT2D eigenvalue weighted by atomic mass is 32.2. The van der Waals surface area contributed by atoms with Crippen LogP contribution in [0.1, 0.15) is 12.0 Å². The summed E-state index contributed by atoms with van der Waals surface area (Å²) < 4.78 is 43.8. The average Bonchev–Trinajstić information content (AvgIpc) is 2.86. The van der Waals surface area contributed by atoms with Crippen LogP contribution in [-0.2, 0) is 16.4 Å². The number of pyridine rings is 2. The minimum absolute atomic E-state index is 0.0708. The van der Waals surface area contributed by atoms with Gasteiger partial charge in [-0.1, -0.05) is 6.07 Å². The van der Waals surface area contributed by atoms with Crippen LogP contribution in [0.4, 0.5) is 4.39 Å². The Kier molecular flexibility index (Phi) is 4.40. The van der Waals surface area contributed by atoms with Crippen LogP contribution in [-0.4, -0.2) is 53.5 Å². The van der Waals surface area contributed by atoms with Gasteiger partial charge >= 0.3 is 0 Å². The maximum absolute atomic E-state index is 13.7. The fraction of sp³-hybridized carbons (Fsp3) is 0.444. The van der Waals surface area contributed by atoms with Crippen LogP contribution in [0.15, 0.2) is 42.9 Å². The predicted octanol–water partition coefficient (Wildman–Crippen LogP) is 1.68. The summed E-state index contributed by atoms with van der Waals surface area (Å²) in [5, 5.41) is 0. The van der Waals surface area contributed by atoms with E-state index in [0.29, 0.717) is 26.1 Å². The molecule has 0 bridgehead atoms. The molecule has 0 aromatic carbocycles. The fourth-order valence-electron chi connectivity index (χ4n) is 3.94. The molecule has 26 heavy (non-hydrogen) atoms. The van der Waals surface area contributed by atoms with Crippen molar-refractivity contribution < 1.29 is 17.5 Å². The van der Waals surface area contributed by atoms with Crippen LogP contribution in [0, 0.1) is 11.7 Å². The van der Waals surface area contributed by atoms with Crippen molar-refractivity contribution in [2.45, 2.75) is 17.7 Å². The topological polar surface area (TPSA) is 72.4 Å². The summed E-state index contributed by atoms with van der Waals surface area (Å²) in [5.41, 5.74) is 1.06. The lowest BCUT2D eigenvalue weighted by Gasteiger charge is -2.49. The summed E-state index contributed by atoms with van der Waals surface area (Å²) in [6.07, 6.45) is 5.50. The lowest BCUT2D eigenvalue weighted by atomic mass is 9.83. The summed E-state index contributed by atoms with van der Waals surface area (Å²) in [7, 11) is -3.19. The molecule has 0 amide bonds. The summed E-state index contributed by atoms with van der Waals surface area (Å²) >= 11 is 0. The molecular formula is C18H20FN3O3S. The molecule has 0 aliphatic carbocycles. The zero-order valence-corrected chi connectivity index (χ0v) is 15.0. The van der Waals surface area contributed by atoms with Crippen LogP contribution in [0.2, 0.25) is 0 Å². The number of hydrogen-bond donors (Lipinski definition) is 0. The molecule has 0 unspecified atom stereocenters. The molecule has 6 nitrogen and oxygen atoms in total. The van der Waals surface area contributed by atoms with Gasteiger partial charge in [0.05, 0.1) is 12.4 Å². The second-order valence-corrected chi connectivity index (χ2v) is 9.43. The Morgan fingerprint density at radius 3 is 2.81 bits per heavy atom. The van der Waals surface area contributed by atoms with Gasteiger partial charge in [0.2, 0.25) is 5.88 Å². The smallest absolute Gasteiger partial charge is 0.250 e. The van der Waals surface area contributed by atoms with Gasteiger partial charge in [-0.25, -0.2) is 17.8 Å². The third-order valence-corrected chi connectivity index (χ3v) is 7.96. The van der Waals surface area contributed by atoms with Gasteiger partial charge in [-0.2, -0.15) is 0 Å². The minimum Gasteiger partial charge on any atom is -0.475 e. The number of aromatic nitrogens is 2. The predicted molar refractivity (Wildman–Crippen MR) is 93.8 cm³/mol. The number of sulfone groups is 1. The van der Waals surface area contributed by atoms with E-state index in [1.807, 2.05) is 12.1 Å². The summed E-state index contributed by atoms with van der Waals surface area (Å²) in [5.74, 6) is -0.598. The Morgan fingerprint density at radius 2 is 2.08 bits per heavy atom. The van der Waals surface area contributed by atoms with Crippen molar-refractivity contribution >= 4 is 9.84 Å². The normalized spacial score (nSPS) is 23.7. The highest BCUT2D eigenvalue weighted by Gasteiger charge is 2.61. The van der Waals surface area contributed by atoms with E-state index in [-0.39, 0.29) is 24.2 Å². The largest absolute Gasteiger partial charge is 0.475 e. The van der Waals surface area contributed by atoms with E-state index < -0.39 is 20.4 Å². The van der Waals surface area contributed by atoms with Crippen molar-refractivity contribution in [3.05, 3.63) is 54.2 Å². The summed E-state index contributed by atoms with van der Waals surface area (Å²) in [6.45, 7) is 1.79. The number of hydrogen-bond acceptors (Lipinski definition) is 6. The van der Waals surface area contributed by atoms with Gasteiger partial charge in [0.25, 0.3) is 0 Å². The number of halogens is 1. The molecule has 2 aromatic rings. The first kappa shape index (κ1) is 17.4. The quantitative estimate of drug-likeness (QED) is 0.790. The van der Waals surface area contributed by atoms with E-state index in [4.69, 9.17) is 4.74 Å². The molecule has 138 valence electrons. The van der Waals surface area contributed by atoms with Crippen molar-refractivity contribution in [1.29, 1.82) is 0 Å². The summed E-state index contributed by atoms with van der Waals surface area (Å²) in [4.78, 5) is 10.1. The molecule has 2 aliphatic rings. The van der Waals surface area contributed by atoms with E-state index in [1.54, 1.807) is 12.4 Å². The minimum atomic E-state index is -3.19. The molecule has 0 radical (unpaired) electrons. The molecule has 8 heteroatoms. The molecule has 2 saturated heterocycles. The highest BCUT2D eigenvalue weighted by Crippen LogP contribution is 2.45. The molecule has 1 atom stereocenters. The second kappa shape index (κ2) is 6.59. The van der Waals surface area contributed by atoms with Crippen molar-refractivity contribution in [1.82, 2.24) is 14.9 Å². The molecule has 2 aromatic heterocycles. The number of rotatable bonds is 5. The Hall–Kier alpha value is -2.06. The zero-order valence-electron chi connectivity index (χ0n) is 14.2. The molecular weight excluding hydrogens is 357 g/mol. The Bertz CT molecular complexity index is 886. The Morgan fingerprint density at radius 1 is 1.27 bits per heavy atom. The molecule has 0 saturated carbocycles. The first-order valence-corrected chi connectivity index (χ1v) is 10.2. The summed E-state index contributed by atoms with van der Waals surface area (Å²) in [6, 6.07) is 6.62. The first-order valence-electron chi connectivity index (χ1n) is 8.57. The van der Waals surface area contributed by atoms with E-state index in [9.17, 15) is 12.8 Å². The highest BCUT2D eigenvalue weighted by molar-refractivity contribution is 7.93. The average molecular weight is 377 g/mol. The van der Waals surface area contributed by atoms with Gasteiger partial charge in [-0.3, -0.25) is 9.88 Å². The monoisotopic (exact) mass is 377 g/mol. The number of nitrogens with zero attached hydrogens (tertiary/aromatic N) is 3. The Labute approximate surface area is 151 Å². The van der Waals surface area contributed by atoms with E-state index in [0.717, 1.165) is 5.56 Å². The number of likely N-dealkylation sites (tertiary alicyclic amines) is 1.